The van der Waals surface area contributed by atoms with Crippen molar-refractivity contribution in [1.82, 2.24) is 19.9 Å². The van der Waals surface area contributed by atoms with Crippen LogP contribution in [0.3, 0.4) is 0 Å². The minimum Gasteiger partial charge on any atom is -0.484 e. The first-order chi connectivity index (χ1) is 14.4. The molecule has 3 heterocycles. The first-order valence-electron chi connectivity index (χ1n) is 9.47. The third kappa shape index (κ3) is 4.05. The van der Waals surface area contributed by atoms with Gasteiger partial charge in [0, 0.05) is 23.5 Å². The Morgan fingerprint density at radius 1 is 0.900 bits per heavy atom. The summed E-state index contributed by atoms with van der Waals surface area (Å²) in [7, 11) is 0. The van der Waals surface area contributed by atoms with Gasteiger partial charge in [-0.2, -0.15) is 4.39 Å². The molecular weight excluding hydrogens is 386 g/mol. The van der Waals surface area contributed by atoms with E-state index in [1.165, 1.54) is 18.3 Å². The number of nitrogens with one attached hydrogen (secondary N) is 1. The van der Waals surface area contributed by atoms with Gasteiger partial charge in [0.2, 0.25) is 5.95 Å². The van der Waals surface area contributed by atoms with Crippen LogP contribution in [0.15, 0.2) is 55.0 Å². The van der Waals surface area contributed by atoms with Crippen LogP contribution in [0.5, 0.6) is 5.75 Å². The van der Waals surface area contributed by atoms with Crippen LogP contribution in [0, 0.1) is 25.6 Å². The van der Waals surface area contributed by atoms with Gasteiger partial charge in [-0.1, -0.05) is 0 Å². The Bertz CT molecular complexity index is 1190. The second-order valence-corrected chi connectivity index (χ2v) is 7.14. The van der Waals surface area contributed by atoms with Crippen LogP contribution in [0.2, 0.25) is 0 Å². The van der Waals surface area contributed by atoms with Gasteiger partial charge < -0.3 is 9.72 Å². The molecule has 7 heteroatoms. The molecule has 1 atom stereocenters. The monoisotopic (exact) mass is 406 g/mol. The van der Waals surface area contributed by atoms with Gasteiger partial charge in [-0.15, -0.1) is 0 Å². The van der Waals surface area contributed by atoms with Crippen LogP contribution in [0.25, 0.3) is 22.6 Å². The smallest absolute Gasteiger partial charge is 0.212 e. The number of imidazole rings is 1. The largest absolute Gasteiger partial charge is 0.484 e. The molecule has 4 rings (SSSR count). The standard InChI is InChI=1S/C23H20F2N4O/c1-13-8-18(24)22(27-10-13)15(3)30-20-6-4-16(9-14(20)2)19-12-28-23(29-19)17-5-7-21(25)26-11-17/h4-12,15H,1-3H3,(H,28,29). The van der Waals surface area contributed by atoms with Crippen LogP contribution in [-0.4, -0.2) is 19.9 Å². The molecule has 0 aliphatic heterocycles. The Labute approximate surface area is 172 Å². The summed E-state index contributed by atoms with van der Waals surface area (Å²) >= 11 is 0. The van der Waals surface area contributed by atoms with Crippen molar-refractivity contribution in [2.75, 3.05) is 0 Å². The molecule has 0 saturated carbocycles. The maximum atomic E-state index is 14.2. The molecule has 30 heavy (non-hydrogen) atoms. The fourth-order valence-corrected chi connectivity index (χ4v) is 3.17. The molecule has 0 amide bonds. The summed E-state index contributed by atoms with van der Waals surface area (Å²) < 4.78 is 33.1. The predicted octanol–water partition coefficient (Wildman–Crippen LogP) is 5.57. The molecule has 0 fully saturated rings. The first-order valence-corrected chi connectivity index (χ1v) is 9.47. The molecule has 1 N–H and O–H groups in total. The van der Waals surface area contributed by atoms with Gasteiger partial charge in [0.25, 0.3) is 0 Å². The number of halogens is 2. The van der Waals surface area contributed by atoms with Gasteiger partial charge in [-0.3, -0.25) is 4.98 Å². The molecule has 0 bridgehead atoms. The van der Waals surface area contributed by atoms with Gasteiger partial charge in [0.05, 0.1) is 11.9 Å². The molecule has 0 spiro atoms. The minimum atomic E-state index is -0.535. The van der Waals surface area contributed by atoms with E-state index in [-0.39, 0.29) is 11.5 Å². The van der Waals surface area contributed by atoms with E-state index in [9.17, 15) is 8.78 Å². The number of pyridine rings is 2. The molecule has 0 aliphatic carbocycles. The lowest BCUT2D eigenvalue weighted by atomic mass is 10.1. The van der Waals surface area contributed by atoms with Crippen molar-refractivity contribution in [1.29, 1.82) is 0 Å². The molecule has 3 aromatic heterocycles. The summed E-state index contributed by atoms with van der Waals surface area (Å²) in [6.45, 7) is 5.49. The zero-order chi connectivity index (χ0) is 21.3. The minimum absolute atomic E-state index is 0.273. The Morgan fingerprint density at radius 3 is 2.40 bits per heavy atom. The number of aromatic amines is 1. The van der Waals surface area contributed by atoms with E-state index in [0.29, 0.717) is 17.1 Å². The summed E-state index contributed by atoms with van der Waals surface area (Å²) in [6.07, 6.45) is 4.24. The Morgan fingerprint density at radius 2 is 1.70 bits per heavy atom. The Kier molecular flexibility index (Phi) is 5.27. The lowest BCUT2D eigenvalue weighted by molar-refractivity contribution is 0.214. The van der Waals surface area contributed by atoms with Gasteiger partial charge in [0.15, 0.2) is 0 Å². The number of aryl methyl sites for hydroxylation is 2. The SMILES string of the molecule is Cc1cnc(C(C)Oc2ccc(-c3cnc(-c4ccc(F)nc4)[nH]3)cc2C)c(F)c1. The van der Waals surface area contributed by atoms with Crippen molar-refractivity contribution < 1.29 is 13.5 Å². The molecule has 4 aromatic rings. The van der Waals surface area contributed by atoms with E-state index in [1.54, 1.807) is 32.3 Å². The fraction of sp³-hybridized carbons (Fsp3) is 0.174. The van der Waals surface area contributed by atoms with Gasteiger partial charge >= 0.3 is 0 Å². The number of nitrogens with zero attached hydrogens (tertiary/aromatic N) is 3. The third-order valence-electron chi connectivity index (χ3n) is 4.76. The summed E-state index contributed by atoms with van der Waals surface area (Å²) in [5.74, 6) is 0.337. The normalized spacial score (nSPS) is 12.0. The number of rotatable bonds is 5. The highest BCUT2D eigenvalue weighted by Crippen LogP contribution is 2.30. The zero-order valence-corrected chi connectivity index (χ0v) is 16.8. The molecule has 152 valence electrons. The second-order valence-electron chi connectivity index (χ2n) is 7.14. The van der Waals surface area contributed by atoms with Crippen molar-refractivity contribution in [3.8, 4) is 28.4 Å². The maximum Gasteiger partial charge on any atom is 0.212 e. The molecule has 5 nitrogen and oxygen atoms in total. The number of H-pyrrole nitrogens is 1. The number of ether oxygens (including phenoxy) is 1. The molecule has 1 aromatic carbocycles. The molecule has 0 aliphatic rings. The fourth-order valence-electron chi connectivity index (χ4n) is 3.17. The van der Waals surface area contributed by atoms with E-state index in [2.05, 4.69) is 19.9 Å². The summed E-state index contributed by atoms with van der Waals surface area (Å²) in [4.78, 5) is 15.4. The topological polar surface area (TPSA) is 63.7 Å². The highest BCUT2D eigenvalue weighted by atomic mass is 19.1. The number of benzene rings is 1. The summed E-state index contributed by atoms with van der Waals surface area (Å²) in [5.41, 5.74) is 4.35. The molecule has 0 saturated heterocycles. The first kappa shape index (κ1) is 19.7. The average molecular weight is 406 g/mol. The van der Waals surface area contributed by atoms with Gasteiger partial charge in [0.1, 0.15) is 29.2 Å². The van der Waals surface area contributed by atoms with Crippen molar-refractivity contribution in [3.05, 3.63) is 83.6 Å². The second kappa shape index (κ2) is 8.02. The van der Waals surface area contributed by atoms with Crippen LogP contribution in [0.1, 0.15) is 29.8 Å². The Hall–Kier alpha value is -3.61. The molecular formula is C23H20F2N4O. The van der Waals surface area contributed by atoms with Crippen molar-refractivity contribution in [3.63, 3.8) is 0 Å². The van der Waals surface area contributed by atoms with E-state index >= 15 is 0 Å². The molecule has 0 radical (unpaired) electrons. The van der Waals surface area contributed by atoms with Crippen LogP contribution in [0.4, 0.5) is 8.78 Å². The van der Waals surface area contributed by atoms with Gasteiger partial charge in [-0.25, -0.2) is 14.4 Å². The van der Waals surface area contributed by atoms with E-state index in [0.717, 1.165) is 22.4 Å². The van der Waals surface area contributed by atoms with Crippen molar-refractivity contribution >= 4 is 0 Å². The number of aromatic nitrogens is 4. The summed E-state index contributed by atoms with van der Waals surface area (Å²) in [5, 5.41) is 0. The van der Waals surface area contributed by atoms with E-state index in [1.807, 2.05) is 25.1 Å². The van der Waals surface area contributed by atoms with Gasteiger partial charge in [-0.05, 0) is 68.3 Å². The number of hydrogen-bond donors (Lipinski definition) is 1. The lowest BCUT2D eigenvalue weighted by Gasteiger charge is -2.17. The van der Waals surface area contributed by atoms with E-state index < -0.39 is 12.1 Å². The van der Waals surface area contributed by atoms with Crippen LogP contribution >= 0.6 is 0 Å². The third-order valence-corrected chi connectivity index (χ3v) is 4.76. The number of hydrogen-bond acceptors (Lipinski definition) is 4. The average Bonchev–Trinajstić information content (AvgIpc) is 3.20. The quantitative estimate of drug-likeness (QED) is 0.440. The maximum absolute atomic E-state index is 14.2. The van der Waals surface area contributed by atoms with Crippen LogP contribution < -0.4 is 4.74 Å². The molecule has 1 unspecified atom stereocenters. The predicted molar refractivity (Wildman–Crippen MR) is 110 cm³/mol. The summed E-state index contributed by atoms with van der Waals surface area (Å²) in [6, 6.07) is 10.1. The van der Waals surface area contributed by atoms with Crippen molar-refractivity contribution in [2.45, 2.75) is 26.9 Å². The van der Waals surface area contributed by atoms with E-state index in [4.69, 9.17) is 4.74 Å². The van der Waals surface area contributed by atoms with Crippen LogP contribution in [-0.2, 0) is 0 Å². The van der Waals surface area contributed by atoms with Crippen molar-refractivity contribution in [2.24, 2.45) is 0 Å². The lowest BCUT2D eigenvalue weighted by Crippen LogP contribution is -2.09. The highest BCUT2D eigenvalue weighted by Gasteiger charge is 2.16. The zero-order valence-electron chi connectivity index (χ0n) is 16.8. The Balaban J connectivity index is 1.54. The highest BCUT2D eigenvalue weighted by molar-refractivity contribution is 5.65.